The molecule has 4 bridgehead atoms. The highest BCUT2D eigenvalue weighted by molar-refractivity contribution is 5.37. The fourth-order valence-electron chi connectivity index (χ4n) is 6.52. The zero-order valence-corrected chi connectivity index (χ0v) is 13.9. The van der Waals surface area contributed by atoms with Crippen LogP contribution in [-0.4, -0.2) is 9.97 Å². The van der Waals surface area contributed by atoms with Crippen molar-refractivity contribution in [1.82, 2.24) is 9.97 Å². The minimum absolute atomic E-state index is 0.341. The molecule has 0 saturated heterocycles. The number of hydrogen-bond donors (Lipinski definition) is 1. The Balaban J connectivity index is 1.60. The molecule has 4 aliphatic rings. The Kier molecular flexibility index (Phi) is 3.10. The summed E-state index contributed by atoms with van der Waals surface area (Å²) in [6, 6.07) is 10.5. The highest BCUT2D eigenvalue weighted by Gasteiger charge is 2.55. The van der Waals surface area contributed by atoms with Gasteiger partial charge in [0.15, 0.2) is 0 Å². The van der Waals surface area contributed by atoms with Crippen LogP contribution in [0.3, 0.4) is 0 Å². The van der Waals surface area contributed by atoms with Gasteiger partial charge in [0.25, 0.3) is 0 Å². The van der Waals surface area contributed by atoms with Crippen molar-refractivity contribution in [2.75, 3.05) is 0 Å². The van der Waals surface area contributed by atoms with Gasteiger partial charge in [0, 0.05) is 18.3 Å². The first kappa shape index (κ1) is 14.3. The molecule has 6 rings (SSSR count). The smallest absolute Gasteiger partial charge is 0.114 e. The van der Waals surface area contributed by atoms with Gasteiger partial charge in [0.05, 0.1) is 11.6 Å². The second-order valence-electron chi connectivity index (χ2n) is 8.42. The van der Waals surface area contributed by atoms with Crippen LogP contribution in [-0.2, 0) is 0 Å². The van der Waals surface area contributed by atoms with Gasteiger partial charge < -0.3 is 4.98 Å². The van der Waals surface area contributed by atoms with Crippen molar-refractivity contribution < 1.29 is 0 Å². The van der Waals surface area contributed by atoms with Crippen LogP contribution in [0.25, 0.3) is 0 Å². The van der Waals surface area contributed by atoms with Gasteiger partial charge in [-0.25, -0.2) is 4.98 Å². The maximum absolute atomic E-state index is 9.11. The van der Waals surface area contributed by atoms with E-state index in [1.54, 1.807) is 0 Å². The van der Waals surface area contributed by atoms with E-state index >= 15 is 0 Å². The van der Waals surface area contributed by atoms with E-state index in [1.807, 2.05) is 24.5 Å². The highest BCUT2D eigenvalue weighted by Crippen LogP contribution is 2.65. The van der Waals surface area contributed by atoms with Crippen LogP contribution in [0.5, 0.6) is 0 Å². The number of nitrogens with one attached hydrogen (secondary N) is 1. The summed E-state index contributed by atoms with van der Waals surface area (Å²) in [5, 5.41) is 9.11. The molecular weight excluding hydrogens is 294 g/mol. The molecule has 4 saturated carbocycles. The number of imidazole rings is 1. The van der Waals surface area contributed by atoms with Crippen molar-refractivity contribution >= 4 is 0 Å². The van der Waals surface area contributed by atoms with Crippen molar-refractivity contribution in [1.29, 1.82) is 5.26 Å². The van der Waals surface area contributed by atoms with Crippen molar-refractivity contribution in [2.45, 2.75) is 44.4 Å². The monoisotopic (exact) mass is 317 g/mol. The third kappa shape index (κ3) is 2.13. The lowest BCUT2D eigenvalue weighted by atomic mass is 9.45. The molecule has 1 atom stereocenters. The molecule has 1 aromatic heterocycles. The van der Waals surface area contributed by atoms with Crippen LogP contribution < -0.4 is 0 Å². The summed E-state index contributed by atoms with van der Waals surface area (Å²) < 4.78 is 0. The summed E-state index contributed by atoms with van der Waals surface area (Å²) in [4.78, 5) is 8.09. The molecule has 1 unspecified atom stereocenters. The van der Waals surface area contributed by atoms with Gasteiger partial charge in [-0.15, -0.1) is 0 Å². The van der Waals surface area contributed by atoms with Gasteiger partial charge in [-0.05, 0) is 79.4 Å². The maximum atomic E-state index is 9.11. The van der Waals surface area contributed by atoms with Crippen molar-refractivity contribution in [3.05, 3.63) is 53.6 Å². The zero-order valence-electron chi connectivity index (χ0n) is 13.9. The van der Waals surface area contributed by atoms with Crippen LogP contribution >= 0.6 is 0 Å². The third-order valence-corrected chi connectivity index (χ3v) is 6.86. The van der Waals surface area contributed by atoms with Gasteiger partial charge >= 0.3 is 0 Å². The number of hydrogen-bond acceptors (Lipinski definition) is 2. The first-order chi connectivity index (χ1) is 11.8. The van der Waals surface area contributed by atoms with Crippen LogP contribution in [0.15, 0.2) is 36.7 Å². The number of nitriles is 1. The summed E-state index contributed by atoms with van der Waals surface area (Å²) >= 11 is 0. The second-order valence-corrected chi connectivity index (χ2v) is 8.42. The Labute approximate surface area is 143 Å². The highest BCUT2D eigenvalue weighted by atomic mass is 14.9. The summed E-state index contributed by atoms with van der Waals surface area (Å²) in [5.41, 5.74) is 2.43. The van der Waals surface area contributed by atoms with E-state index in [0.717, 1.165) is 29.1 Å². The van der Waals surface area contributed by atoms with E-state index in [1.165, 1.54) is 44.1 Å². The lowest BCUT2D eigenvalue weighted by molar-refractivity contribution is -0.0630. The predicted octanol–water partition coefficient (Wildman–Crippen LogP) is 4.63. The predicted molar refractivity (Wildman–Crippen MR) is 92.2 cm³/mol. The van der Waals surface area contributed by atoms with E-state index in [2.05, 4.69) is 28.2 Å². The maximum Gasteiger partial charge on any atom is 0.114 e. The molecule has 122 valence electrons. The number of rotatable bonds is 3. The topological polar surface area (TPSA) is 52.5 Å². The molecule has 3 nitrogen and oxygen atoms in total. The van der Waals surface area contributed by atoms with E-state index < -0.39 is 0 Å². The second kappa shape index (κ2) is 5.21. The molecule has 0 spiro atoms. The fourth-order valence-corrected chi connectivity index (χ4v) is 6.52. The SMILES string of the molecule is N#Cc1ccc(C(c2ncc[nH]2)C23CC4CC(CC(C4)C2)C3)cc1. The van der Waals surface area contributed by atoms with Crippen LogP contribution in [0.4, 0.5) is 0 Å². The van der Waals surface area contributed by atoms with Crippen LogP contribution in [0, 0.1) is 34.5 Å². The van der Waals surface area contributed by atoms with Gasteiger partial charge in [-0.2, -0.15) is 5.26 Å². The molecule has 4 aliphatic carbocycles. The normalized spacial score (nSPS) is 34.9. The van der Waals surface area contributed by atoms with E-state index in [9.17, 15) is 0 Å². The Hall–Kier alpha value is -2.08. The molecule has 24 heavy (non-hydrogen) atoms. The molecule has 1 N–H and O–H groups in total. The summed E-state index contributed by atoms with van der Waals surface area (Å²) in [5.74, 6) is 4.22. The fraction of sp³-hybridized carbons (Fsp3) is 0.524. The average Bonchev–Trinajstić information content (AvgIpc) is 3.08. The molecule has 2 aromatic rings. The van der Waals surface area contributed by atoms with Crippen LogP contribution in [0.2, 0.25) is 0 Å². The lowest BCUT2D eigenvalue weighted by Gasteiger charge is -2.59. The van der Waals surface area contributed by atoms with E-state index in [-0.39, 0.29) is 0 Å². The van der Waals surface area contributed by atoms with E-state index in [0.29, 0.717) is 11.3 Å². The number of benzene rings is 1. The Morgan fingerprint density at radius 3 is 2.17 bits per heavy atom. The summed E-state index contributed by atoms with van der Waals surface area (Å²) in [6.07, 6.45) is 12.3. The molecule has 1 aromatic carbocycles. The third-order valence-electron chi connectivity index (χ3n) is 6.86. The molecule has 0 radical (unpaired) electrons. The Bertz CT molecular complexity index is 731. The van der Waals surface area contributed by atoms with Gasteiger partial charge in [0.2, 0.25) is 0 Å². The van der Waals surface area contributed by atoms with Crippen molar-refractivity contribution in [3.63, 3.8) is 0 Å². The minimum Gasteiger partial charge on any atom is -0.348 e. The zero-order chi connectivity index (χ0) is 16.1. The van der Waals surface area contributed by atoms with Gasteiger partial charge in [-0.3, -0.25) is 0 Å². The molecule has 0 amide bonds. The largest absolute Gasteiger partial charge is 0.348 e. The Morgan fingerprint density at radius 2 is 1.67 bits per heavy atom. The number of aromatic nitrogens is 2. The lowest BCUT2D eigenvalue weighted by Crippen LogP contribution is -2.49. The van der Waals surface area contributed by atoms with Crippen molar-refractivity contribution in [3.8, 4) is 6.07 Å². The number of aromatic amines is 1. The molecule has 4 fully saturated rings. The quantitative estimate of drug-likeness (QED) is 0.897. The van der Waals surface area contributed by atoms with Crippen LogP contribution in [0.1, 0.15) is 61.4 Å². The number of nitrogens with zero attached hydrogens (tertiary/aromatic N) is 2. The molecule has 3 heteroatoms. The molecule has 0 aliphatic heterocycles. The van der Waals surface area contributed by atoms with Crippen molar-refractivity contribution in [2.24, 2.45) is 23.2 Å². The van der Waals surface area contributed by atoms with E-state index in [4.69, 9.17) is 5.26 Å². The number of H-pyrrole nitrogens is 1. The first-order valence-corrected chi connectivity index (χ1v) is 9.25. The molecule has 1 heterocycles. The molecular formula is C21H23N3. The standard InChI is InChI=1S/C21H23N3/c22-13-14-1-3-18(4-2-14)19(20-23-5-6-24-20)21-10-15-7-16(11-21)9-17(8-15)12-21/h1-6,15-17,19H,7-12H2,(H,23,24). The summed E-state index contributed by atoms with van der Waals surface area (Å²) in [6.45, 7) is 0. The Morgan fingerprint density at radius 1 is 1.04 bits per heavy atom. The van der Waals surface area contributed by atoms with Gasteiger partial charge in [0.1, 0.15) is 5.82 Å². The summed E-state index contributed by atoms with van der Waals surface area (Å²) in [7, 11) is 0. The average molecular weight is 317 g/mol. The minimum atomic E-state index is 0.341. The first-order valence-electron chi connectivity index (χ1n) is 9.25. The van der Waals surface area contributed by atoms with Gasteiger partial charge in [-0.1, -0.05) is 12.1 Å².